The predicted molar refractivity (Wildman–Crippen MR) is 253 cm³/mol. The van der Waals surface area contributed by atoms with E-state index < -0.39 is 29.8 Å². The van der Waals surface area contributed by atoms with Gasteiger partial charge in [0.2, 0.25) is 0 Å². The summed E-state index contributed by atoms with van der Waals surface area (Å²) in [7, 11) is 0. The van der Waals surface area contributed by atoms with Crippen molar-refractivity contribution in [3.63, 3.8) is 0 Å². The van der Waals surface area contributed by atoms with Crippen LogP contribution in [0.5, 0.6) is 0 Å². The summed E-state index contributed by atoms with van der Waals surface area (Å²) in [5.41, 5.74) is 3.08. The average molecular weight is 980 g/mol. The molecule has 1 saturated carbocycles. The number of rotatable bonds is 20. The molecular formula is C45H49N5O10S5. The van der Waals surface area contributed by atoms with Crippen LogP contribution in [0.2, 0.25) is 0 Å². The molecule has 0 amide bonds. The molecule has 1 aliphatic rings. The summed E-state index contributed by atoms with van der Waals surface area (Å²) >= 11 is 5.83. The SMILES string of the molecule is N#CSCC1CCC(C(=O)O)CC1.N#CSCCCCCC(=O)O.N#CSCc1ccc(C(=O)O)cc1.N#CSc1ccc(CC(=O)O)cc1.N#CSc1ccc(CCCC(=O)O)cc1. The molecule has 3 aromatic rings. The zero-order valence-electron chi connectivity index (χ0n) is 35.2. The van der Waals surface area contributed by atoms with Crippen LogP contribution < -0.4 is 0 Å². The molecule has 5 N–H and O–H groups in total. The fourth-order valence-corrected chi connectivity index (χ4v) is 7.65. The summed E-state index contributed by atoms with van der Waals surface area (Å²) < 4.78 is 0. The van der Waals surface area contributed by atoms with E-state index in [2.05, 4.69) is 0 Å². The number of aryl methyl sites for hydroxylation is 1. The lowest BCUT2D eigenvalue weighted by atomic mass is 9.83. The van der Waals surface area contributed by atoms with E-state index in [-0.39, 0.29) is 30.7 Å². The monoisotopic (exact) mass is 979 g/mol. The number of carbonyl (C=O) groups is 5. The Kier molecular flexibility index (Phi) is 35.2. The molecule has 15 nitrogen and oxygen atoms in total. The van der Waals surface area contributed by atoms with Gasteiger partial charge in [-0.2, -0.15) is 26.3 Å². The second-order valence-corrected chi connectivity index (χ2v) is 17.6. The van der Waals surface area contributed by atoms with Crippen LogP contribution in [0.15, 0.2) is 82.6 Å². The molecule has 4 rings (SSSR count). The second-order valence-electron chi connectivity index (χ2n) is 13.5. The van der Waals surface area contributed by atoms with Crippen LogP contribution in [-0.4, -0.2) is 66.9 Å². The molecule has 0 aromatic heterocycles. The first-order valence-corrected chi connectivity index (χ1v) is 24.3. The van der Waals surface area contributed by atoms with Crippen LogP contribution in [0.1, 0.15) is 91.3 Å². The van der Waals surface area contributed by atoms with Gasteiger partial charge in [-0.1, -0.05) is 42.8 Å². The molecule has 1 fully saturated rings. The van der Waals surface area contributed by atoms with Crippen LogP contribution in [0, 0.1) is 65.2 Å². The quantitative estimate of drug-likeness (QED) is 0.0399. The second kappa shape index (κ2) is 38.6. The molecule has 20 heteroatoms. The standard InChI is InChI=1S/C11H11NO2S.C9H13NO2S.2C9H7NO2S.C7H11NO2S/c12-8-15-10-6-4-9(5-7-10)2-1-3-11(13)14;2*10-6-13-5-7-1-3-8(4-2-7)9(11)12;10-6-13-8-3-1-7(2-4-8)5-9(11)12;8-6-11-5-3-1-2-4-7(9)10/h4-7H,1-3H2,(H,13,14);7-8H,1-5H2,(H,11,12);2*1-4H,5H2,(H,11,12);1-5H2,(H,9,10). The number of hydrogen-bond acceptors (Lipinski definition) is 15. The highest BCUT2D eigenvalue weighted by Crippen LogP contribution is 2.30. The van der Waals surface area contributed by atoms with E-state index in [1.807, 2.05) is 51.3 Å². The minimum absolute atomic E-state index is 0.0253. The van der Waals surface area contributed by atoms with Crippen molar-refractivity contribution >= 4 is 88.7 Å². The number of thiocyanates is 5. The van der Waals surface area contributed by atoms with Gasteiger partial charge in [0.15, 0.2) is 0 Å². The van der Waals surface area contributed by atoms with Crippen molar-refractivity contribution in [2.75, 3.05) is 11.5 Å². The summed E-state index contributed by atoms with van der Waals surface area (Å²) in [5, 5.41) is 94.0. The van der Waals surface area contributed by atoms with E-state index in [0.29, 0.717) is 18.1 Å². The molecular weight excluding hydrogens is 931 g/mol. The lowest BCUT2D eigenvalue weighted by molar-refractivity contribution is -0.143. The molecule has 344 valence electrons. The predicted octanol–water partition coefficient (Wildman–Crippen LogP) is 10.6. The first-order chi connectivity index (χ1) is 31.2. The first-order valence-electron chi connectivity index (χ1n) is 19.7. The number of hydrogen-bond donors (Lipinski definition) is 5. The van der Waals surface area contributed by atoms with Crippen LogP contribution in [-0.2, 0) is 37.8 Å². The molecule has 0 aliphatic heterocycles. The van der Waals surface area contributed by atoms with Crippen LogP contribution in [0.25, 0.3) is 0 Å². The number of thioether (sulfide) groups is 5. The Morgan fingerprint density at radius 1 is 0.523 bits per heavy atom. The molecule has 65 heavy (non-hydrogen) atoms. The highest BCUT2D eigenvalue weighted by molar-refractivity contribution is 8.04. The van der Waals surface area contributed by atoms with E-state index in [0.717, 1.165) is 125 Å². The fourth-order valence-electron chi connectivity index (χ4n) is 5.39. The number of nitriles is 5. The van der Waals surface area contributed by atoms with Crippen LogP contribution >= 0.6 is 58.8 Å². The van der Waals surface area contributed by atoms with Gasteiger partial charge in [0.05, 0.1) is 17.9 Å². The molecule has 0 radical (unpaired) electrons. The number of nitrogens with zero attached hydrogens (tertiary/aromatic N) is 5. The van der Waals surface area contributed by atoms with Crippen molar-refractivity contribution in [3.8, 4) is 27.0 Å². The normalized spacial score (nSPS) is 13.0. The molecule has 1 aliphatic carbocycles. The Labute approximate surface area is 400 Å². The number of aliphatic carboxylic acids is 4. The zero-order chi connectivity index (χ0) is 48.7. The van der Waals surface area contributed by atoms with Gasteiger partial charge in [-0.05, 0) is 169 Å². The fraction of sp³-hybridized carbons (Fsp3) is 0.378. The third kappa shape index (κ3) is 33.4. The van der Waals surface area contributed by atoms with E-state index in [4.69, 9.17) is 51.8 Å². The minimum Gasteiger partial charge on any atom is -0.481 e. The Hall–Kier alpha value is -5.79. The van der Waals surface area contributed by atoms with E-state index in [1.54, 1.807) is 36.4 Å². The van der Waals surface area contributed by atoms with Crippen molar-refractivity contribution in [2.24, 2.45) is 11.8 Å². The lowest BCUT2D eigenvalue weighted by Gasteiger charge is -2.24. The number of aromatic carboxylic acids is 1. The van der Waals surface area contributed by atoms with Gasteiger partial charge in [-0.3, -0.25) is 19.2 Å². The Bertz CT molecular complexity index is 2100. The Morgan fingerprint density at radius 2 is 1.02 bits per heavy atom. The van der Waals surface area contributed by atoms with E-state index >= 15 is 0 Å². The number of unbranched alkanes of at least 4 members (excludes halogenated alkanes) is 2. The largest absolute Gasteiger partial charge is 0.481 e. The molecule has 0 atom stereocenters. The van der Waals surface area contributed by atoms with E-state index in [9.17, 15) is 24.0 Å². The van der Waals surface area contributed by atoms with Crippen LogP contribution in [0.3, 0.4) is 0 Å². The van der Waals surface area contributed by atoms with Crippen molar-refractivity contribution < 1.29 is 49.5 Å². The average Bonchev–Trinajstić information content (AvgIpc) is 3.28. The number of benzene rings is 3. The maximum Gasteiger partial charge on any atom is 0.335 e. The van der Waals surface area contributed by atoms with Gasteiger partial charge in [0.25, 0.3) is 0 Å². The molecule has 0 spiro atoms. The highest BCUT2D eigenvalue weighted by atomic mass is 32.2. The van der Waals surface area contributed by atoms with Crippen molar-refractivity contribution in [1.29, 1.82) is 26.3 Å². The smallest absolute Gasteiger partial charge is 0.335 e. The molecule has 0 unspecified atom stereocenters. The van der Waals surface area contributed by atoms with Crippen LogP contribution in [0.4, 0.5) is 0 Å². The van der Waals surface area contributed by atoms with Gasteiger partial charge in [-0.25, -0.2) is 4.79 Å². The highest BCUT2D eigenvalue weighted by Gasteiger charge is 2.25. The summed E-state index contributed by atoms with van der Waals surface area (Å²) in [6.07, 6.45) is 7.95. The Balaban J connectivity index is 0.000000791. The molecule has 0 bridgehead atoms. The first kappa shape index (κ1) is 59.2. The number of carboxylic acid groups (broad SMARTS) is 5. The zero-order valence-corrected chi connectivity index (χ0v) is 39.3. The third-order valence-corrected chi connectivity index (χ3v) is 11.9. The maximum absolute atomic E-state index is 10.6. The van der Waals surface area contributed by atoms with Crippen molar-refractivity contribution in [1.82, 2.24) is 0 Å². The molecule has 0 heterocycles. The summed E-state index contributed by atoms with van der Waals surface area (Å²) in [6, 6.07) is 21.0. The summed E-state index contributed by atoms with van der Waals surface area (Å²) in [5.74, 6) is -1.24. The van der Waals surface area contributed by atoms with Gasteiger partial charge < -0.3 is 25.5 Å². The summed E-state index contributed by atoms with van der Waals surface area (Å²) in [4.78, 5) is 53.5. The minimum atomic E-state index is -0.931. The van der Waals surface area contributed by atoms with Gasteiger partial charge in [-0.15, -0.1) is 0 Å². The molecule has 3 aromatic carbocycles. The van der Waals surface area contributed by atoms with Crippen molar-refractivity contribution in [3.05, 3.63) is 95.1 Å². The van der Waals surface area contributed by atoms with Gasteiger partial charge in [0.1, 0.15) is 27.0 Å². The topological polar surface area (TPSA) is 305 Å². The van der Waals surface area contributed by atoms with E-state index in [1.165, 1.54) is 35.7 Å². The Morgan fingerprint density at radius 3 is 1.46 bits per heavy atom. The lowest BCUT2D eigenvalue weighted by Crippen LogP contribution is -2.22. The number of carboxylic acids is 5. The van der Waals surface area contributed by atoms with Crippen molar-refractivity contribution in [2.45, 2.75) is 92.6 Å². The maximum atomic E-state index is 10.6. The third-order valence-electron chi connectivity index (χ3n) is 8.67. The van der Waals surface area contributed by atoms with Gasteiger partial charge in [0, 0.05) is 39.9 Å². The summed E-state index contributed by atoms with van der Waals surface area (Å²) in [6.45, 7) is 0. The van der Waals surface area contributed by atoms with Gasteiger partial charge >= 0.3 is 29.8 Å². The molecule has 0 saturated heterocycles.